The van der Waals surface area contributed by atoms with E-state index >= 15 is 0 Å². The van der Waals surface area contributed by atoms with Gasteiger partial charge in [0, 0.05) is 12.8 Å². The van der Waals surface area contributed by atoms with E-state index in [1.165, 1.54) is 11.3 Å². The van der Waals surface area contributed by atoms with Crippen LogP contribution in [0, 0.1) is 5.92 Å². The number of allylic oxidation sites excluding steroid dienone is 2. The predicted octanol–water partition coefficient (Wildman–Crippen LogP) is 2.79. The van der Waals surface area contributed by atoms with Gasteiger partial charge in [0.2, 0.25) is 11.0 Å². The third kappa shape index (κ3) is 3.63. The van der Waals surface area contributed by atoms with Crippen LogP contribution in [0.1, 0.15) is 37.6 Å². The van der Waals surface area contributed by atoms with Crippen molar-refractivity contribution in [2.24, 2.45) is 5.92 Å². The Morgan fingerprint density at radius 1 is 1.59 bits per heavy atom. The molecule has 2 rings (SSSR count). The minimum absolute atomic E-state index is 0.0424. The van der Waals surface area contributed by atoms with Gasteiger partial charge < -0.3 is 5.32 Å². The van der Waals surface area contributed by atoms with Crippen molar-refractivity contribution < 1.29 is 4.79 Å². The van der Waals surface area contributed by atoms with E-state index < -0.39 is 0 Å². The van der Waals surface area contributed by atoms with Crippen LogP contribution in [0.25, 0.3) is 0 Å². The number of anilines is 1. The first kappa shape index (κ1) is 12.2. The summed E-state index contributed by atoms with van der Waals surface area (Å²) in [4.78, 5) is 11.7. The number of nitrogens with zero attached hydrogens (tertiary/aromatic N) is 2. The third-order valence-corrected chi connectivity index (χ3v) is 3.64. The average molecular weight is 251 g/mol. The molecule has 1 aliphatic carbocycles. The Balaban J connectivity index is 1.82. The number of nitrogens with one attached hydrogen (secondary N) is 1. The lowest BCUT2D eigenvalue weighted by Gasteiger charge is -2.05. The molecule has 92 valence electrons. The number of aromatic nitrogens is 2. The molecular weight excluding hydrogens is 234 g/mol. The molecule has 0 fully saturated rings. The second-order valence-corrected chi connectivity index (χ2v) is 5.33. The van der Waals surface area contributed by atoms with E-state index in [0.717, 1.165) is 30.7 Å². The van der Waals surface area contributed by atoms with Crippen LogP contribution in [0.2, 0.25) is 0 Å². The van der Waals surface area contributed by atoms with Crippen molar-refractivity contribution in [1.29, 1.82) is 0 Å². The highest BCUT2D eigenvalue weighted by Crippen LogP contribution is 2.22. The number of carbonyl (C=O) groups is 1. The Hall–Kier alpha value is -1.23. The molecular formula is C12H17N3OS. The quantitative estimate of drug-likeness (QED) is 0.819. The molecule has 17 heavy (non-hydrogen) atoms. The maximum atomic E-state index is 11.7. The lowest BCUT2D eigenvalue weighted by atomic mass is 10.1. The third-order valence-electron chi connectivity index (χ3n) is 2.74. The van der Waals surface area contributed by atoms with Gasteiger partial charge >= 0.3 is 0 Å². The highest BCUT2D eigenvalue weighted by molar-refractivity contribution is 7.15. The fraction of sp³-hybridized carbons (Fsp3) is 0.583. The second-order valence-electron chi connectivity index (χ2n) is 4.27. The van der Waals surface area contributed by atoms with Crippen LogP contribution in [-0.2, 0) is 11.2 Å². The molecule has 1 amide bonds. The molecule has 0 aliphatic heterocycles. The molecule has 0 spiro atoms. The lowest BCUT2D eigenvalue weighted by Crippen LogP contribution is -2.14. The monoisotopic (exact) mass is 251 g/mol. The summed E-state index contributed by atoms with van der Waals surface area (Å²) in [7, 11) is 0. The Morgan fingerprint density at radius 3 is 3.18 bits per heavy atom. The maximum Gasteiger partial charge on any atom is 0.226 e. The zero-order valence-corrected chi connectivity index (χ0v) is 10.8. The van der Waals surface area contributed by atoms with Crippen LogP contribution in [0.3, 0.4) is 0 Å². The van der Waals surface area contributed by atoms with Crippen molar-refractivity contribution in [1.82, 2.24) is 10.2 Å². The van der Waals surface area contributed by atoms with Gasteiger partial charge in [-0.25, -0.2) is 0 Å². The van der Waals surface area contributed by atoms with Crippen molar-refractivity contribution in [3.8, 4) is 0 Å². The number of aryl methyl sites for hydroxylation is 1. The SMILES string of the molecule is CCCc1nnc(NC(=O)C[C@@H]2C=CCC2)s1. The van der Waals surface area contributed by atoms with E-state index in [0.29, 0.717) is 17.5 Å². The summed E-state index contributed by atoms with van der Waals surface area (Å²) in [6, 6.07) is 0. The number of rotatable bonds is 5. The van der Waals surface area contributed by atoms with Crippen molar-refractivity contribution in [2.75, 3.05) is 5.32 Å². The first-order valence-electron chi connectivity index (χ1n) is 6.07. The highest BCUT2D eigenvalue weighted by atomic mass is 32.1. The minimum atomic E-state index is 0.0424. The van der Waals surface area contributed by atoms with E-state index in [4.69, 9.17) is 0 Å². The van der Waals surface area contributed by atoms with Crippen LogP contribution in [-0.4, -0.2) is 16.1 Å². The van der Waals surface area contributed by atoms with Gasteiger partial charge in [0.25, 0.3) is 0 Å². The van der Waals surface area contributed by atoms with Gasteiger partial charge in [0.1, 0.15) is 5.01 Å². The molecule has 4 nitrogen and oxygen atoms in total. The van der Waals surface area contributed by atoms with E-state index in [1.54, 1.807) is 0 Å². The summed E-state index contributed by atoms with van der Waals surface area (Å²) < 4.78 is 0. The molecule has 0 bridgehead atoms. The van der Waals surface area contributed by atoms with Crippen molar-refractivity contribution in [2.45, 2.75) is 39.0 Å². The lowest BCUT2D eigenvalue weighted by molar-refractivity contribution is -0.116. The maximum absolute atomic E-state index is 11.7. The summed E-state index contributed by atoms with van der Waals surface area (Å²) in [5.74, 6) is 0.443. The van der Waals surface area contributed by atoms with Crippen LogP contribution < -0.4 is 5.32 Å². The van der Waals surface area contributed by atoms with Gasteiger partial charge in [-0.2, -0.15) is 0 Å². The predicted molar refractivity (Wildman–Crippen MR) is 69.0 cm³/mol. The summed E-state index contributed by atoms with van der Waals surface area (Å²) >= 11 is 1.47. The van der Waals surface area contributed by atoms with Gasteiger partial charge in [-0.1, -0.05) is 30.4 Å². The Morgan fingerprint density at radius 2 is 2.47 bits per heavy atom. The van der Waals surface area contributed by atoms with Crippen LogP contribution in [0.15, 0.2) is 12.2 Å². The smallest absolute Gasteiger partial charge is 0.226 e. The number of carbonyl (C=O) groups excluding carboxylic acids is 1. The van der Waals surface area contributed by atoms with E-state index in [9.17, 15) is 4.79 Å². The number of hydrogen-bond donors (Lipinski definition) is 1. The molecule has 1 heterocycles. The molecule has 0 unspecified atom stereocenters. The summed E-state index contributed by atoms with van der Waals surface area (Å²) in [5, 5.41) is 12.4. The van der Waals surface area contributed by atoms with Crippen LogP contribution in [0.5, 0.6) is 0 Å². The van der Waals surface area contributed by atoms with E-state index in [2.05, 4.69) is 34.6 Å². The van der Waals surface area contributed by atoms with Crippen molar-refractivity contribution >= 4 is 22.4 Å². The first-order chi connectivity index (χ1) is 8.28. The van der Waals surface area contributed by atoms with Gasteiger partial charge in [0.05, 0.1) is 0 Å². The van der Waals surface area contributed by atoms with Crippen molar-refractivity contribution in [3.63, 3.8) is 0 Å². The van der Waals surface area contributed by atoms with Gasteiger partial charge in [-0.3, -0.25) is 4.79 Å². The summed E-state index contributed by atoms with van der Waals surface area (Å²) in [6.45, 7) is 2.10. The van der Waals surface area contributed by atoms with E-state index in [1.807, 2.05) is 0 Å². The fourth-order valence-corrected chi connectivity index (χ4v) is 2.75. The molecule has 1 N–H and O–H groups in total. The molecule has 1 aliphatic rings. The average Bonchev–Trinajstić information content (AvgIpc) is 2.91. The molecule has 1 aromatic heterocycles. The van der Waals surface area contributed by atoms with Gasteiger partial charge in [-0.05, 0) is 25.2 Å². The summed E-state index contributed by atoms with van der Waals surface area (Å²) in [5.41, 5.74) is 0. The zero-order chi connectivity index (χ0) is 12.1. The van der Waals surface area contributed by atoms with Crippen LogP contribution >= 0.6 is 11.3 Å². The largest absolute Gasteiger partial charge is 0.301 e. The standard InChI is InChI=1S/C12H17N3OS/c1-2-5-11-14-15-12(17-11)13-10(16)8-9-6-3-4-7-9/h3,6,9H,2,4-5,7-8H2,1H3,(H,13,15,16)/t9-/m1/s1. The first-order valence-corrected chi connectivity index (χ1v) is 6.88. The Labute approximate surface area is 105 Å². The molecule has 0 radical (unpaired) electrons. The second kappa shape index (κ2) is 5.91. The molecule has 0 aromatic carbocycles. The molecule has 0 saturated heterocycles. The molecule has 1 aromatic rings. The number of amides is 1. The summed E-state index contributed by atoms with van der Waals surface area (Å²) in [6.07, 6.45) is 8.99. The number of hydrogen-bond acceptors (Lipinski definition) is 4. The van der Waals surface area contributed by atoms with E-state index in [-0.39, 0.29) is 5.91 Å². The van der Waals surface area contributed by atoms with Gasteiger partial charge in [-0.15, -0.1) is 10.2 Å². The topological polar surface area (TPSA) is 54.9 Å². The normalized spacial score (nSPS) is 18.5. The zero-order valence-electron chi connectivity index (χ0n) is 9.98. The molecule has 0 saturated carbocycles. The Kier molecular flexibility index (Phi) is 4.25. The minimum Gasteiger partial charge on any atom is -0.301 e. The van der Waals surface area contributed by atoms with Crippen molar-refractivity contribution in [3.05, 3.63) is 17.2 Å². The van der Waals surface area contributed by atoms with Crippen LogP contribution in [0.4, 0.5) is 5.13 Å². The highest BCUT2D eigenvalue weighted by Gasteiger charge is 2.15. The van der Waals surface area contributed by atoms with Gasteiger partial charge in [0.15, 0.2) is 0 Å². The fourth-order valence-electron chi connectivity index (χ4n) is 1.89. The molecule has 5 heteroatoms. The molecule has 1 atom stereocenters. The Bertz CT molecular complexity index is 414.